The highest BCUT2D eigenvalue weighted by atomic mass is 79.9. The summed E-state index contributed by atoms with van der Waals surface area (Å²) in [5.41, 5.74) is 2.37. The molecule has 4 nitrogen and oxygen atoms in total. The third-order valence-corrected chi connectivity index (χ3v) is 7.01. The lowest BCUT2D eigenvalue weighted by molar-refractivity contribution is 0.161. The monoisotopic (exact) mass is 511 g/mol. The van der Waals surface area contributed by atoms with E-state index in [4.69, 9.17) is 27.9 Å². The van der Waals surface area contributed by atoms with Gasteiger partial charge < -0.3 is 15.0 Å². The van der Waals surface area contributed by atoms with Crippen LogP contribution in [0.5, 0.6) is 5.75 Å². The van der Waals surface area contributed by atoms with Crippen molar-refractivity contribution in [1.29, 1.82) is 0 Å². The summed E-state index contributed by atoms with van der Waals surface area (Å²) in [6.45, 7) is 7.02. The van der Waals surface area contributed by atoms with Gasteiger partial charge in [0.05, 0.1) is 15.2 Å². The maximum Gasteiger partial charge on any atom is 0.134 e. The molecule has 2 saturated heterocycles. The topological polar surface area (TPSA) is 27.7 Å². The van der Waals surface area contributed by atoms with Crippen LogP contribution in [0.3, 0.4) is 0 Å². The first-order valence-corrected chi connectivity index (χ1v) is 12.2. The largest absolute Gasteiger partial charge is 0.489 e. The summed E-state index contributed by atoms with van der Waals surface area (Å²) < 4.78 is 7.33. The number of halogens is 3. The number of hydrogen-bond acceptors (Lipinski definition) is 4. The van der Waals surface area contributed by atoms with E-state index in [2.05, 4.69) is 49.2 Å². The van der Waals surface area contributed by atoms with Crippen LogP contribution in [0.25, 0.3) is 0 Å². The number of anilines is 1. The smallest absolute Gasteiger partial charge is 0.134 e. The van der Waals surface area contributed by atoms with E-state index in [1.54, 1.807) is 0 Å². The van der Waals surface area contributed by atoms with Gasteiger partial charge in [0.1, 0.15) is 11.9 Å². The zero-order valence-corrected chi connectivity index (χ0v) is 20.1. The minimum Gasteiger partial charge on any atom is -0.489 e. The second-order valence-electron chi connectivity index (χ2n) is 8.04. The highest BCUT2D eigenvalue weighted by Crippen LogP contribution is 2.31. The molecular formula is C23H28BrCl2N3O. The molecule has 2 heterocycles. The minimum absolute atomic E-state index is 0.300. The standard InChI is InChI=1S/C23H28BrCl2N3O/c24-20-4-2-17(14-23(20)30-19-6-8-27-9-7-19)16-28-10-1-11-29(13-12-28)22-5-3-18(25)15-21(22)26/h2-5,14-15,19,27H,1,6-13,16H2. The van der Waals surface area contributed by atoms with Crippen LogP contribution < -0.4 is 15.0 Å². The second kappa shape index (κ2) is 10.6. The van der Waals surface area contributed by atoms with Crippen LogP contribution in [0.2, 0.25) is 10.0 Å². The molecular weight excluding hydrogens is 485 g/mol. The van der Waals surface area contributed by atoms with E-state index in [9.17, 15) is 0 Å². The van der Waals surface area contributed by atoms with Gasteiger partial charge in [0.2, 0.25) is 0 Å². The summed E-state index contributed by atoms with van der Waals surface area (Å²) in [6.07, 6.45) is 3.53. The molecule has 2 aromatic rings. The van der Waals surface area contributed by atoms with Crippen molar-refractivity contribution in [3.63, 3.8) is 0 Å². The molecule has 0 saturated carbocycles. The van der Waals surface area contributed by atoms with Gasteiger partial charge in [0, 0.05) is 37.7 Å². The van der Waals surface area contributed by atoms with Gasteiger partial charge in [-0.25, -0.2) is 0 Å². The Morgan fingerprint density at radius 1 is 1.00 bits per heavy atom. The van der Waals surface area contributed by atoms with Crippen molar-refractivity contribution in [1.82, 2.24) is 10.2 Å². The van der Waals surface area contributed by atoms with Crippen molar-refractivity contribution >= 4 is 44.8 Å². The van der Waals surface area contributed by atoms with Crippen LogP contribution in [0.15, 0.2) is 40.9 Å². The summed E-state index contributed by atoms with van der Waals surface area (Å²) in [6, 6.07) is 12.3. The van der Waals surface area contributed by atoms with E-state index in [0.29, 0.717) is 11.1 Å². The van der Waals surface area contributed by atoms with Gasteiger partial charge in [-0.3, -0.25) is 4.90 Å². The number of hydrogen-bond donors (Lipinski definition) is 1. The van der Waals surface area contributed by atoms with Gasteiger partial charge >= 0.3 is 0 Å². The van der Waals surface area contributed by atoms with Crippen LogP contribution >= 0.6 is 39.1 Å². The molecule has 0 atom stereocenters. The first-order chi connectivity index (χ1) is 14.6. The third-order valence-electron chi connectivity index (χ3n) is 5.82. The fourth-order valence-corrected chi connectivity index (χ4v) is 5.06. The number of benzene rings is 2. The summed E-state index contributed by atoms with van der Waals surface area (Å²) in [5.74, 6) is 0.962. The molecule has 2 aromatic carbocycles. The zero-order valence-electron chi connectivity index (χ0n) is 17.0. The molecule has 0 spiro atoms. The Morgan fingerprint density at radius 2 is 1.83 bits per heavy atom. The van der Waals surface area contributed by atoms with Crippen molar-refractivity contribution in [3.8, 4) is 5.75 Å². The SMILES string of the molecule is Clc1ccc(N2CCCN(Cc3ccc(Br)c(OC4CCNCC4)c3)CC2)c(Cl)c1. The van der Waals surface area contributed by atoms with Gasteiger partial charge in [0.25, 0.3) is 0 Å². The first kappa shape index (κ1) is 22.2. The summed E-state index contributed by atoms with van der Waals surface area (Å²) in [7, 11) is 0. The van der Waals surface area contributed by atoms with Crippen LogP contribution in [-0.2, 0) is 6.54 Å². The fourth-order valence-electron chi connectivity index (χ4n) is 4.20. The van der Waals surface area contributed by atoms with Gasteiger partial charge in [-0.15, -0.1) is 0 Å². The average molecular weight is 513 g/mol. The van der Waals surface area contributed by atoms with Crippen LogP contribution in [-0.4, -0.2) is 50.3 Å². The van der Waals surface area contributed by atoms with E-state index in [1.807, 2.05) is 18.2 Å². The molecule has 0 aliphatic carbocycles. The number of nitrogens with one attached hydrogen (secondary N) is 1. The lowest BCUT2D eigenvalue weighted by atomic mass is 10.1. The molecule has 0 radical (unpaired) electrons. The van der Waals surface area contributed by atoms with Crippen LogP contribution in [0.4, 0.5) is 5.69 Å². The molecule has 0 unspecified atom stereocenters. The Labute approximate surface area is 197 Å². The maximum atomic E-state index is 6.43. The molecule has 0 amide bonds. The molecule has 0 aromatic heterocycles. The highest BCUT2D eigenvalue weighted by Gasteiger charge is 2.19. The van der Waals surface area contributed by atoms with E-state index < -0.39 is 0 Å². The van der Waals surface area contributed by atoms with E-state index in [1.165, 1.54) is 5.56 Å². The molecule has 2 fully saturated rings. The van der Waals surface area contributed by atoms with Gasteiger partial charge in [-0.1, -0.05) is 29.3 Å². The number of nitrogens with zero attached hydrogens (tertiary/aromatic N) is 2. The van der Waals surface area contributed by atoms with Gasteiger partial charge in [-0.05, 0) is 84.2 Å². The number of piperidine rings is 1. The Kier molecular flexibility index (Phi) is 7.82. The molecule has 2 aliphatic rings. The van der Waals surface area contributed by atoms with Crippen LogP contribution in [0, 0.1) is 0 Å². The Morgan fingerprint density at radius 3 is 2.63 bits per heavy atom. The van der Waals surface area contributed by atoms with Gasteiger partial charge in [-0.2, -0.15) is 0 Å². The second-order valence-corrected chi connectivity index (χ2v) is 9.74. The van der Waals surface area contributed by atoms with Crippen molar-refractivity contribution < 1.29 is 4.74 Å². The predicted octanol–water partition coefficient (Wildman–Crippen LogP) is 5.60. The fraction of sp³-hybridized carbons (Fsp3) is 0.478. The lowest BCUT2D eigenvalue weighted by Gasteiger charge is -2.26. The average Bonchev–Trinajstić information content (AvgIpc) is 2.97. The van der Waals surface area contributed by atoms with Crippen molar-refractivity contribution in [2.45, 2.75) is 31.9 Å². The Hall–Kier alpha value is -0.980. The molecule has 2 aliphatic heterocycles. The van der Waals surface area contributed by atoms with E-state index >= 15 is 0 Å². The van der Waals surface area contributed by atoms with Crippen molar-refractivity contribution in [3.05, 3.63) is 56.5 Å². The molecule has 4 rings (SSSR count). The number of rotatable bonds is 5. The van der Waals surface area contributed by atoms with Crippen LogP contribution in [0.1, 0.15) is 24.8 Å². The van der Waals surface area contributed by atoms with Gasteiger partial charge in [0.15, 0.2) is 0 Å². The quantitative estimate of drug-likeness (QED) is 0.564. The molecule has 0 bridgehead atoms. The molecule has 1 N–H and O–H groups in total. The predicted molar refractivity (Wildman–Crippen MR) is 129 cm³/mol. The van der Waals surface area contributed by atoms with E-state index in [0.717, 1.165) is 86.0 Å². The first-order valence-electron chi connectivity index (χ1n) is 10.7. The summed E-state index contributed by atoms with van der Waals surface area (Å²) in [4.78, 5) is 4.88. The molecule has 162 valence electrons. The zero-order chi connectivity index (χ0) is 20.9. The summed E-state index contributed by atoms with van der Waals surface area (Å²) >= 11 is 16.1. The van der Waals surface area contributed by atoms with Crippen molar-refractivity contribution in [2.24, 2.45) is 0 Å². The minimum atomic E-state index is 0.300. The van der Waals surface area contributed by atoms with Crippen molar-refractivity contribution in [2.75, 3.05) is 44.2 Å². The summed E-state index contributed by atoms with van der Waals surface area (Å²) in [5, 5.41) is 4.80. The highest BCUT2D eigenvalue weighted by molar-refractivity contribution is 9.10. The molecule has 7 heteroatoms. The van der Waals surface area contributed by atoms with E-state index in [-0.39, 0.29) is 0 Å². The lowest BCUT2D eigenvalue weighted by Crippen LogP contribution is -2.34. The number of ether oxygens (including phenoxy) is 1. The molecule has 30 heavy (non-hydrogen) atoms. The third kappa shape index (κ3) is 5.83. The Balaban J connectivity index is 1.38. The maximum absolute atomic E-state index is 6.43. The normalized spacial score (nSPS) is 19.0. The Bertz CT molecular complexity index is 860.